The van der Waals surface area contributed by atoms with Crippen LogP contribution in [0.2, 0.25) is 0 Å². The van der Waals surface area contributed by atoms with Crippen LogP contribution in [0.25, 0.3) is 0 Å². The van der Waals surface area contributed by atoms with E-state index < -0.39 is 41.7 Å². The van der Waals surface area contributed by atoms with Crippen molar-refractivity contribution in [3.05, 3.63) is 52.3 Å². The number of alkyl halides is 6. The van der Waals surface area contributed by atoms with E-state index in [9.17, 15) is 35.9 Å². The molecule has 208 valence electrons. The summed E-state index contributed by atoms with van der Waals surface area (Å²) in [4.78, 5) is 28.9. The number of nitrogens with one attached hydrogen (secondary N) is 1. The molecule has 0 saturated carbocycles. The summed E-state index contributed by atoms with van der Waals surface area (Å²) < 4.78 is 85.4. The van der Waals surface area contributed by atoms with Gasteiger partial charge in [-0.2, -0.15) is 31.4 Å². The Labute approximate surface area is 214 Å². The summed E-state index contributed by atoms with van der Waals surface area (Å²) in [6, 6.07) is 2.59. The molecule has 0 aliphatic carbocycles. The molecule has 1 fully saturated rings. The first-order chi connectivity index (χ1) is 17.7. The van der Waals surface area contributed by atoms with Gasteiger partial charge in [-0.05, 0) is 50.1 Å². The first-order valence-electron chi connectivity index (χ1n) is 12.0. The van der Waals surface area contributed by atoms with Crippen molar-refractivity contribution in [2.24, 2.45) is 0 Å². The monoisotopic (exact) mass is 547 g/mol. The van der Waals surface area contributed by atoms with Crippen molar-refractivity contribution in [3.8, 4) is 0 Å². The number of ether oxygens (including phenoxy) is 1. The van der Waals surface area contributed by atoms with Crippen LogP contribution in [0.4, 0.5) is 31.1 Å². The van der Waals surface area contributed by atoms with Crippen molar-refractivity contribution in [1.29, 1.82) is 0 Å². The van der Waals surface area contributed by atoms with Crippen molar-refractivity contribution in [3.63, 3.8) is 0 Å². The second-order valence-electron chi connectivity index (χ2n) is 9.56. The van der Waals surface area contributed by atoms with Gasteiger partial charge in [-0.1, -0.05) is 0 Å². The molecule has 0 unspecified atom stereocenters. The van der Waals surface area contributed by atoms with Crippen molar-refractivity contribution >= 4 is 12.0 Å². The van der Waals surface area contributed by atoms with Crippen LogP contribution in [-0.4, -0.2) is 63.3 Å². The lowest BCUT2D eigenvalue weighted by Crippen LogP contribution is -2.57. The number of fused-ring (bicyclic) bond motifs is 1. The molecule has 0 spiro atoms. The Hall–Kier alpha value is -3.29. The summed E-state index contributed by atoms with van der Waals surface area (Å²) in [6.45, 7) is 5.06. The second kappa shape index (κ2) is 10.5. The first-order valence-corrected chi connectivity index (χ1v) is 12.0. The minimum Gasteiger partial charge on any atom is -0.445 e. The van der Waals surface area contributed by atoms with Crippen LogP contribution in [-0.2, 0) is 36.8 Å². The molecular formula is C24H27F6N5O3. The first kappa shape index (κ1) is 27.7. The van der Waals surface area contributed by atoms with Gasteiger partial charge in [-0.25, -0.2) is 4.79 Å². The number of piperazine rings is 1. The number of aromatic nitrogens is 2. The van der Waals surface area contributed by atoms with E-state index in [1.807, 2.05) is 13.8 Å². The van der Waals surface area contributed by atoms with Crippen molar-refractivity contribution in [1.82, 2.24) is 24.9 Å². The summed E-state index contributed by atoms with van der Waals surface area (Å²) >= 11 is 0. The lowest BCUT2D eigenvalue weighted by atomic mass is 10.1. The fraction of sp³-hybridized carbons (Fsp3) is 0.542. The van der Waals surface area contributed by atoms with Crippen LogP contribution in [0.5, 0.6) is 0 Å². The fourth-order valence-corrected chi connectivity index (χ4v) is 4.73. The van der Waals surface area contributed by atoms with E-state index in [-0.39, 0.29) is 42.8 Å². The van der Waals surface area contributed by atoms with E-state index in [2.05, 4.69) is 10.4 Å². The van der Waals surface area contributed by atoms with Gasteiger partial charge < -0.3 is 19.9 Å². The van der Waals surface area contributed by atoms with E-state index in [0.29, 0.717) is 43.9 Å². The third-order valence-electron chi connectivity index (χ3n) is 6.56. The maximum Gasteiger partial charge on any atom is 0.416 e. The number of amides is 2. The zero-order valence-electron chi connectivity index (χ0n) is 20.7. The molecule has 1 N–H and O–H groups in total. The van der Waals surface area contributed by atoms with Crippen LogP contribution in [0, 0.1) is 0 Å². The molecule has 8 nitrogen and oxygen atoms in total. The molecule has 14 heteroatoms. The van der Waals surface area contributed by atoms with Gasteiger partial charge in [0.05, 0.1) is 23.4 Å². The quantitative estimate of drug-likeness (QED) is 0.581. The minimum absolute atomic E-state index is 0.0159. The SMILES string of the molecule is C[C@@H]1CNC[C@H](C)N1C(=O)c1cc2n(n1)CCCN(C(=O)OCc1cc(C(F)(F)F)cc(C(F)(F)F)c1)C2. The van der Waals surface area contributed by atoms with Gasteiger partial charge in [-0.3, -0.25) is 9.48 Å². The molecule has 1 aromatic heterocycles. The van der Waals surface area contributed by atoms with Crippen molar-refractivity contribution in [2.75, 3.05) is 19.6 Å². The number of benzene rings is 1. The fourth-order valence-electron chi connectivity index (χ4n) is 4.73. The maximum absolute atomic E-state index is 13.2. The highest BCUT2D eigenvalue weighted by Crippen LogP contribution is 2.36. The Balaban J connectivity index is 1.46. The van der Waals surface area contributed by atoms with Crippen molar-refractivity contribution < 1.29 is 40.7 Å². The largest absolute Gasteiger partial charge is 0.445 e. The molecule has 2 amide bonds. The molecule has 1 saturated heterocycles. The molecule has 0 bridgehead atoms. The van der Waals surface area contributed by atoms with E-state index in [1.165, 1.54) is 4.90 Å². The number of halogens is 6. The molecule has 0 radical (unpaired) electrons. The average Bonchev–Trinajstić information content (AvgIpc) is 3.12. The number of hydrogen-bond donors (Lipinski definition) is 1. The number of hydrogen-bond acceptors (Lipinski definition) is 5. The van der Waals surface area contributed by atoms with Crippen LogP contribution < -0.4 is 5.32 Å². The van der Waals surface area contributed by atoms with Crippen LogP contribution in [0.15, 0.2) is 24.3 Å². The van der Waals surface area contributed by atoms with E-state index in [0.717, 1.165) is 0 Å². The van der Waals surface area contributed by atoms with Gasteiger partial charge in [0.2, 0.25) is 0 Å². The van der Waals surface area contributed by atoms with Gasteiger partial charge in [0, 0.05) is 38.3 Å². The zero-order chi connectivity index (χ0) is 27.8. The summed E-state index contributed by atoms with van der Waals surface area (Å²) in [5, 5.41) is 7.67. The number of carbonyl (C=O) groups is 2. The lowest BCUT2D eigenvalue weighted by Gasteiger charge is -2.39. The smallest absolute Gasteiger partial charge is 0.416 e. The highest BCUT2D eigenvalue weighted by Gasteiger charge is 2.37. The molecular weight excluding hydrogens is 520 g/mol. The molecule has 2 aliphatic heterocycles. The summed E-state index contributed by atoms with van der Waals surface area (Å²) in [6.07, 6.45) is -10.4. The van der Waals surface area contributed by atoms with Gasteiger partial charge in [0.25, 0.3) is 5.91 Å². The maximum atomic E-state index is 13.2. The number of nitrogens with zero attached hydrogens (tertiary/aromatic N) is 4. The Morgan fingerprint density at radius 1 is 0.974 bits per heavy atom. The third kappa shape index (κ3) is 6.05. The molecule has 2 aromatic rings. The minimum atomic E-state index is -5.00. The molecule has 2 atom stereocenters. The number of carbonyl (C=O) groups excluding carboxylic acids is 2. The van der Waals surface area contributed by atoms with Crippen molar-refractivity contribution in [2.45, 2.75) is 64.4 Å². The molecule has 2 aliphatic rings. The standard InChI is InChI=1S/C24H27F6N5O3/c1-14-10-31-11-15(2)35(14)21(36)20-9-19-12-33(4-3-5-34(19)32-20)22(37)38-13-16-6-17(23(25,26)27)8-18(7-16)24(28,29)30/h6-9,14-15,31H,3-5,10-13H2,1-2H3/t14-,15+. The predicted molar refractivity (Wildman–Crippen MR) is 122 cm³/mol. The average molecular weight is 548 g/mol. The van der Waals surface area contributed by atoms with Crippen LogP contribution in [0.1, 0.15) is 53.1 Å². The Bertz CT molecular complexity index is 1150. The molecule has 3 heterocycles. The Morgan fingerprint density at radius 3 is 2.16 bits per heavy atom. The summed E-state index contributed by atoms with van der Waals surface area (Å²) in [5.74, 6) is -0.230. The van der Waals surface area contributed by atoms with Gasteiger partial charge in [-0.15, -0.1) is 0 Å². The van der Waals surface area contributed by atoms with E-state index in [4.69, 9.17) is 4.74 Å². The van der Waals surface area contributed by atoms with Crippen LogP contribution in [0.3, 0.4) is 0 Å². The molecule has 4 rings (SSSR count). The summed E-state index contributed by atoms with van der Waals surface area (Å²) in [5.41, 5.74) is -2.60. The van der Waals surface area contributed by atoms with Gasteiger partial charge in [0.15, 0.2) is 5.69 Å². The van der Waals surface area contributed by atoms with Crippen LogP contribution >= 0.6 is 0 Å². The van der Waals surface area contributed by atoms with Gasteiger partial charge >= 0.3 is 18.4 Å². The van der Waals surface area contributed by atoms with E-state index in [1.54, 1.807) is 15.6 Å². The third-order valence-corrected chi connectivity index (χ3v) is 6.56. The zero-order valence-corrected chi connectivity index (χ0v) is 20.7. The topological polar surface area (TPSA) is 79.7 Å². The highest BCUT2D eigenvalue weighted by atomic mass is 19.4. The Kier molecular flexibility index (Phi) is 7.64. The lowest BCUT2D eigenvalue weighted by molar-refractivity contribution is -0.143. The normalized spacial score (nSPS) is 20.6. The van der Waals surface area contributed by atoms with E-state index >= 15 is 0 Å². The molecule has 1 aromatic carbocycles. The highest BCUT2D eigenvalue weighted by molar-refractivity contribution is 5.93. The number of aryl methyl sites for hydroxylation is 1. The Morgan fingerprint density at radius 2 is 1.58 bits per heavy atom. The second-order valence-corrected chi connectivity index (χ2v) is 9.56. The summed E-state index contributed by atoms with van der Waals surface area (Å²) in [7, 11) is 0. The molecule has 38 heavy (non-hydrogen) atoms. The van der Waals surface area contributed by atoms with Gasteiger partial charge in [0.1, 0.15) is 6.61 Å². The number of rotatable bonds is 3. The predicted octanol–water partition coefficient (Wildman–Crippen LogP) is 4.29.